The van der Waals surface area contributed by atoms with Crippen LogP contribution in [0.3, 0.4) is 0 Å². The zero-order valence-electron chi connectivity index (χ0n) is 13.2. The molecule has 0 bridgehead atoms. The highest BCUT2D eigenvalue weighted by Crippen LogP contribution is 2.23. The molecule has 2 fully saturated rings. The molecule has 2 aliphatic heterocycles. The van der Waals surface area contributed by atoms with Gasteiger partial charge in [-0.1, -0.05) is 6.07 Å². The molecule has 4 nitrogen and oxygen atoms in total. The molecule has 4 heteroatoms. The zero-order valence-corrected chi connectivity index (χ0v) is 13.2. The highest BCUT2D eigenvalue weighted by Gasteiger charge is 2.23. The summed E-state index contributed by atoms with van der Waals surface area (Å²) in [6, 6.07) is 4.23. The second-order valence-corrected chi connectivity index (χ2v) is 6.49. The van der Waals surface area contributed by atoms with E-state index in [4.69, 9.17) is 0 Å². The standard InChI is InChI=1S/C17H28N4/c1-18-17-16(5-4-8-19-17)14-21-11-6-15(7-12-21)13-20-9-2-3-10-20/h4-5,8,15H,2-3,6-7,9-14H2,1H3,(H,18,19). The quantitative estimate of drug-likeness (QED) is 0.902. The van der Waals surface area contributed by atoms with Crippen LogP contribution in [-0.2, 0) is 6.54 Å². The predicted molar refractivity (Wildman–Crippen MR) is 87.5 cm³/mol. The van der Waals surface area contributed by atoms with E-state index in [1.807, 2.05) is 19.3 Å². The lowest BCUT2D eigenvalue weighted by atomic mass is 9.96. The van der Waals surface area contributed by atoms with E-state index in [9.17, 15) is 0 Å². The number of hydrogen-bond acceptors (Lipinski definition) is 4. The topological polar surface area (TPSA) is 31.4 Å². The van der Waals surface area contributed by atoms with Gasteiger partial charge in [-0.25, -0.2) is 4.98 Å². The van der Waals surface area contributed by atoms with Crippen LogP contribution in [-0.4, -0.2) is 54.6 Å². The highest BCUT2D eigenvalue weighted by molar-refractivity contribution is 5.42. The molecule has 0 spiro atoms. The van der Waals surface area contributed by atoms with Crippen LogP contribution in [0.1, 0.15) is 31.2 Å². The van der Waals surface area contributed by atoms with Gasteiger partial charge in [-0.2, -0.15) is 0 Å². The molecule has 0 aliphatic carbocycles. The van der Waals surface area contributed by atoms with Crippen molar-refractivity contribution in [1.82, 2.24) is 14.8 Å². The summed E-state index contributed by atoms with van der Waals surface area (Å²) < 4.78 is 0. The zero-order chi connectivity index (χ0) is 14.5. The Morgan fingerprint density at radius 3 is 2.62 bits per heavy atom. The number of hydrogen-bond donors (Lipinski definition) is 1. The summed E-state index contributed by atoms with van der Waals surface area (Å²) in [6.07, 6.45) is 7.38. The van der Waals surface area contributed by atoms with E-state index in [2.05, 4.69) is 26.2 Å². The van der Waals surface area contributed by atoms with Gasteiger partial charge in [0.25, 0.3) is 0 Å². The summed E-state index contributed by atoms with van der Waals surface area (Å²) in [6.45, 7) is 7.50. The number of likely N-dealkylation sites (tertiary alicyclic amines) is 2. The Balaban J connectivity index is 1.47. The van der Waals surface area contributed by atoms with Gasteiger partial charge in [0.05, 0.1) is 0 Å². The molecule has 3 heterocycles. The summed E-state index contributed by atoms with van der Waals surface area (Å²) in [4.78, 5) is 9.65. The molecule has 21 heavy (non-hydrogen) atoms. The number of rotatable bonds is 5. The van der Waals surface area contributed by atoms with E-state index in [0.29, 0.717) is 0 Å². The third kappa shape index (κ3) is 3.95. The van der Waals surface area contributed by atoms with Gasteiger partial charge in [0.2, 0.25) is 0 Å². The van der Waals surface area contributed by atoms with Crippen molar-refractivity contribution in [1.29, 1.82) is 0 Å². The number of nitrogens with one attached hydrogen (secondary N) is 1. The van der Waals surface area contributed by atoms with Crippen molar-refractivity contribution in [3.8, 4) is 0 Å². The van der Waals surface area contributed by atoms with Gasteiger partial charge in [-0.15, -0.1) is 0 Å². The van der Waals surface area contributed by atoms with E-state index in [-0.39, 0.29) is 0 Å². The van der Waals surface area contributed by atoms with Gasteiger partial charge in [0.15, 0.2) is 0 Å². The van der Waals surface area contributed by atoms with Crippen molar-refractivity contribution in [3.63, 3.8) is 0 Å². The van der Waals surface area contributed by atoms with Gasteiger partial charge >= 0.3 is 0 Å². The van der Waals surface area contributed by atoms with Gasteiger partial charge in [-0.05, 0) is 63.8 Å². The van der Waals surface area contributed by atoms with Crippen molar-refractivity contribution in [3.05, 3.63) is 23.9 Å². The molecule has 3 rings (SSSR count). The fourth-order valence-corrected chi connectivity index (χ4v) is 3.69. The molecule has 0 saturated carbocycles. The molecule has 116 valence electrons. The van der Waals surface area contributed by atoms with Crippen LogP contribution in [0.4, 0.5) is 5.82 Å². The maximum Gasteiger partial charge on any atom is 0.130 e. The molecular weight excluding hydrogens is 260 g/mol. The maximum absolute atomic E-state index is 4.40. The molecule has 0 radical (unpaired) electrons. The van der Waals surface area contributed by atoms with Crippen molar-refractivity contribution < 1.29 is 0 Å². The monoisotopic (exact) mass is 288 g/mol. The van der Waals surface area contributed by atoms with Crippen molar-refractivity contribution in [2.24, 2.45) is 5.92 Å². The Bertz CT molecular complexity index is 434. The summed E-state index contributed by atoms with van der Waals surface area (Å²) in [5, 5.41) is 3.20. The van der Waals surface area contributed by atoms with Gasteiger partial charge < -0.3 is 10.2 Å². The van der Waals surface area contributed by atoms with Crippen LogP contribution in [0.25, 0.3) is 0 Å². The molecular formula is C17H28N4. The van der Waals surface area contributed by atoms with Crippen molar-refractivity contribution in [2.45, 2.75) is 32.2 Å². The van der Waals surface area contributed by atoms with Crippen LogP contribution < -0.4 is 5.32 Å². The number of nitrogens with zero attached hydrogens (tertiary/aromatic N) is 3. The van der Waals surface area contributed by atoms with Gasteiger partial charge in [0, 0.05) is 31.9 Å². The largest absolute Gasteiger partial charge is 0.373 e. The molecule has 0 atom stereocenters. The van der Waals surface area contributed by atoms with Crippen molar-refractivity contribution >= 4 is 5.82 Å². The smallest absolute Gasteiger partial charge is 0.130 e. The molecule has 2 aliphatic rings. The van der Waals surface area contributed by atoms with Crippen LogP contribution in [0.5, 0.6) is 0 Å². The van der Waals surface area contributed by atoms with Gasteiger partial charge in [0.1, 0.15) is 5.82 Å². The SMILES string of the molecule is CNc1ncccc1CN1CCC(CN2CCCC2)CC1. The minimum absolute atomic E-state index is 0.914. The van der Waals surface area contributed by atoms with E-state index in [1.54, 1.807) is 0 Å². The minimum atomic E-state index is 0.914. The third-order valence-corrected chi connectivity index (χ3v) is 4.94. The normalized spacial score (nSPS) is 21.8. The van der Waals surface area contributed by atoms with Crippen molar-refractivity contribution in [2.75, 3.05) is 45.1 Å². The number of aromatic nitrogens is 1. The van der Waals surface area contributed by atoms with Crippen LogP contribution in [0.2, 0.25) is 0 Å². The second-order valence-electron chi connectivity index (χ2n) is 6.49. The first-order valence-electron chi connectivity index (χ1n) is 8.41. The second kappa shape index (κ2) is 7.23. The molecule has 1 aromatic rings. The highest BCUT2D eigenvalue weighted by atomic mass is 15.2. The lowest BCUT2D eigenvalue weighted by Crippen LogP contribution is -2.37. The molecule has 0 aromatic carbocycles. The van der Waals surface area contributed by atoms with E-state index < -0.39 is 0 Å². The Morgan fingerprint density at radius 1 is 1.14 bits per heavy atom. The lowest BCUT2D eigenvalue weighted by molar-refractivity contribution is 0.149. The number of piperidine rings is 1. The minimum Gasteiger partial charge on any atom is -0.373 e. The first-order chi connectivity index (χ1) is 10.3. The van der Waals surface area contributed by atoms with Crippen LogP contribution in [0, 0.1) is 5.92 Å². The molecule has 1 aromatic heterocycles. The first kappa shape index (κ1) is 14.8. The Morgan fingerprint density at radius 2 is 1.90 bits per heavy atom. The predicted octanol–water partition coefficient (Wildman–Crippen LogP) is 2.43. The summed E-state index contributed by atoms with van der Waals surface area (Å²) in [5.41, 5.74) is 1.32. The number of anilines is 1. The van der Waals surface area contributed by atoms with E-state index in [1.165, 1.54) is 64.0 Å². The first-order valence-corrected chi connectivity index (χ1v) is 8.41. The van der Waals surface area contributed by atoms with Gasteiger partial charge in [-0.3, -0.25) is 4.90 Å². The maximum atomic E-state index is 4.40. The Hall–Kier alpha value is -1.13. The Kier molecular flexibility index (Phi) is 5.09. The molecule has 0 amide bonds. The molecule has 1 N–H and O–H groups in total. The number of pyridine rings is 1. The fraction of sp³-hybridized carbons (Fsp3) is 0.706. The average molecular weight is 288 g/mol. The summed E-state index contributed by atoms with van der Waals surface area (Å²) in [5.74, 6) is 1.94. The van der Waals surface area contributed by atoms with Crippen LogP contribution in [0.15, 0.2) is 18.3 Å². The van der Waals surface area contributed by atoms with E-state index in [0.717, 1.165) is 18.3 Å². The summed E-state index contributed by atoms with van der Waals surface area (Å²) >= 11 is 0. The molecule has 2 saturated heterocycles. The fourth-order valence-electron chi connectivity index (χ4n) is 3.69. The Labute approximate surface area is 128 Å². The van der Waals surface area contributed by atoms with E-state index >= 15 is 0 Å². The third-order valence-electron chi connectivity index (χ3n) is 4.94. The molecule has 0 unspecified atom stereocenters. The van der Waals surface area contributed by atoms with Crippen LogP contribution >= 0.6 is 0 Å². The average Bonchev–Trinajstić information content (AvgIpc) is 3.03. The summed E-state index contributed by atoms with van der Waals surface area (Å²) in [7, 11) is 1.95. The lowest BCUT2D eigenvalue weighted by Gasteiger charge is -2.34.